The van der Waals surface area contributed by atoms with Crippen molar-refractivity contribution in [1.29, 1.82) is 0 Å². The molecule has 0 bridgehead atoms. The van der Waals surface area contributed by atoms with Crippen LogP contribution in [0.3, 0.4) is 0 Å². The first-order valence-corrected chi connectivity index (χ1v) is 9.89. The quantitative estimate of drug-likeness (QED) is 0.668. The first-order valence-electron chi connectivity index (χ1n) is 8.91. The second-order valence-corrected chi connectivity index (χ2v) is 7.46. The molecule has 0 aliphatic carbocycles. The Kier molecular flexibility index (Phi) is 5.07. The summed E-state index contributed by atoms with van der Waals surface area (Å²) in [6.07, 6.45) is 1.94. The van der Waals surface area contributed by atoms with Gasteiger partial charge in [-0.2, -0.15) is 0 Å². The van der Waals surface area contributed by atoms with Crippen molar-refractivity contribution in [3.05, 3.63) is 66.9 Å². The van der Waals surface area contributed by atoms with Gasteiger partial charge in [0.05, 0.1) is 25.0 Å². The fourth-order valence-electron chi connectivity index (χ4n) is 3.27. The van der Waals surface area contributed by atoms with Crippen molar-refractivity contribution in [2.75, 3.05) is 36.8 Å². The van der Waals surface area contributed by atoms with Crippen molar-refractivity contribution in [2.24, 2.45) is 0 Å². The zero-order chi connectivity index (χ0) is 17.8. The zero-order valence-electron chi connectivity index (χ0n) is 14.6. The molecule has 1 aromatic heterocycles. The van der Waals surface area contributed by atoms with Crippen molar-refractivity contribution in [3.8, 4) is 0 Å². The molecule has 0 saturated carbocycles. The fourth-order valence-corrected chi connectivity index (χ4v) is 4.12. The van der Waals surface area contributed by atoms with E-state index in [-0.39, 0.29) is 5.91 Å². The zero-order valence-corrected chi connectivity index (χ0v) is 15.4. The molecule has 1 saturated heterocycles. The van der Waals surface area contributed by atoms with Crippen LogP contribution in [0.4, 0.5) is 5.82 Å². The number of carbonyl (C=O) groups excluding carboxylic acids is 1. The van der Waals surface area contributed by atoms with Gasteiger partial charge in [-0.25, -0.2) is 4.98 Å². The number of aromatic nitrogens is 1. The highest BCUT2D eigenvalue weighted by molar-refractivity contribution is 8.00. The van der Waals surface area contributed by atoms with Crippen molar-refractivity contribution in [1.82, 2.24) is 4.90 Å². The maximum Gasteiger partial charge on any atom is 0.274 e. The Morgan fingerprint density at radius 2 is 1.69 bits per heavy atom. The molecule has 1 aliphatic heterocycles. The fraction of sp³-hybridized carbons (Fsp3) is 0.238. The van der Waals surface area contributed by atoms with Crippen LogP contribution in [0.25, 0.3) is 10.8 Å². The van der Waals surface area contributed by atoms with Crippen LogP contribution in [0, 0.1) is 0 Å². The van der Waals surface area contributed by atoms with E-state index >= 15 is 0 Å². The highest BCUT2D eigenvalue weighted by atomic mass is 32.2. The molecule has 0 radical (unpaired) electrons. The van der Waals surface area contributed by atoms with Gasteiger partial charge in [0.15, 0.2) is 0 Å². The highest BCUT2D eigenvalue weighted by Gasteiger charge is 2.25. The summed E-state index contributed by atoms with van der Waals surface area (Å²) in [7, 11) is 0. The SMILES string of the molecule is O=C(CSc1ccc2ccccc2c1)N1CCN(c2cccc[nH+]2)CC1. The second kappa shape index (κ2) is 7.79. The number of benzene rings is 2. The van der Waals surface area contributed by atoms with E-state index < -0.39 is 0 Å². The van der Waals surface area contributed by atoms with Crippen LogP contribution in [0.5, 0.6) is 0 Å². The van der Waals surface area contributed by atoms with E-state index in [1.807, 2.05) is 35.4 Å². The molecule has 0 atom stereocenters. The molecule has 5 heteroatoms. The number of nitrogens with one attached hydrogen (secondary N) is 1. The average molecular weight is 364 g/mol. The Morgan fingerprint density at radius 3 is 2.46 bits per heavy atom. The molecule has 1 amide bonds. The Morgan fingerprint density at radius 1 is 0.923 bits per heavy atom. The summed E-state index contributed by atoms with van der Waals surface area (Å²) in [4.78, 5) is 21.2. The summed E-state index contributed by atoms with van der Waals surface area (Å²) >= 11 is 1.62. The van der Waals surface area contributed by atoms with E-state index in [1.54, 1.807) is 11.8 Å². The topological polar surface area (TPSA) is 37.7 Å². The predicted octanol–water partition coefficient (Wildman–Crippen LogP) is 3.09. The van der Waals surface area contributed by atoms with Crippen LogP contribution in [0.1, 0.15) is 0 Å². The molecule has 2 aromatic carbocycles. The van der Waals surface area contributed by atoms with Gasteiger partial charge in [-0.15, -0.1) is 11.8 Å². The van der Waals surface area contributed by atoms with Crippen molar-refractivity contribution in [2.45, 2.75) is 4.90 Å². The third kappa shape index (κ3) is 3.83. The van der Waals surface area contributed by atoms with Gasteiger partial charge in [0.2, 0.25) is 5.91 Å². The smallest absolute Gasteiger partial charge is 0.274 e. The van der Waals surface area contributed by atoms with Crippen molar-refractivity contribution >= 4 is 34.3 Å². The minimum absolute atomic E-state index is 0.222. The van der Waals surface area contributed by atoms with Gasteiger partial charge in [-0.1, -0.05) is 36.4 Å². The molecule has 2 heterocycles. The van der Waals surface area contributed by atoms with Gasteiger partial charge in [-0.05, 0) is 29.0 Å². The minimum atomic E-state index is 0.222. The molecule has 1 aliphatic rings. The first-order chi connectivity index (χ1) is 12.8. The number of anilines is 1. The van der Waals surface area contributed by atoms with Crippen molar-refractivity contribution < 1.29 is 9.78 Å². The summed E-state index contributed by atoms with van der Waals surface area (Å²) in [5, 5.41) is 2.45. The molecule has 4 rings (SSSR count). The number of thioether (sulfide) groups is 1. The number of pyridine rings is 1. The van der Waals surface area contributed by atoms with E-state index in [0.29, 0.717) is 5.75 Å². The lowest BCUT2D eigenvalue weighted by molar-refractivity contribution is -0.364. The number of amides is 1. The lowest BCUT2D eigenvalue weighted by Crippen LogP contribution is -2.50. The van der Waals surface area contributed by atoms with E-state index in [9.17, 15) is 4.79 Å². The Bertz CT molecular complexity index is 892. The number of fused-ring (bicyclic) bond motifs is 1. The number of hydrogen-bond acceptors (Lipinski definition) is 3. The molecule has 4 nitrogen and oxygen atoms in total. The van der Waals surface area contributed by atoms with Gasteiger partial charge in [0.1, 0.15) is 13.1 Å². The van der Waals surface area contributed by atoms with Crippen LogP contribution in [0.15, 0.2) is 71.8 Å². The number of rotatable bonds is 4. The number of hydrogen-bond donors (Lipinski definition) is 0. The van der Waals surface area contributed by atoms with E-state index in [0.717, 1.165) is 36.9 Å². The molecule has 26 heavy (non-hydrogen) atoms. The first kappa shape index (κ1) is 16.9. The van der Waals surface area contributed by atoms with E-state index in [2.05, 4.69) is 46.3 Å². The van der Waals surface area contributed by atoms with Gasteiger partial charge in [-0.3, -0.25) is 9.69 Å². The van der Waals surface area contributed by atoms with Gasteiger partial charge < -0.3 is 4.90 Å². The monoisotopic (exact) mass is 364 g/mol. The lowest BCUT2D eigenvalue weighted by Gasteiger charge is -2.30. The predicted molar refractivity (Wildman–Crippen MR) is 106 cm³/mol. The molecule has 1 N–H and O–H groups in total. The largest absolute Gasteiger partial charge is 0.334 e. The normalized spacial score (nSPS) is 14.6. The maximum absolute atomic E-state index is 12.6. The molecule has 132 valence electrons. The number of piperazine rings is 1. The van der Waals surface area contributed by atoms with E-state index in [1.165, 1.54) is 10.8 Å². The Hall–Kier alpha value is -2.53. The van der Waals surface area contributed by atoms with Crippen LogP contribution in [-0.2, 0) is 4.79 Å². The van der Waals surface area contributed by atoms with Gasteiger partial charge in [0.25, 0.3) is 5.82 Å². The van der Waals surface area contributed by atoms with Crippen LogP contribution in [0.2, 0.25) is 0 Å². The Balaban J connectivity index is 1.31. The third-order valence-corrected chi connectivity index (χ3v) is 5.73. The number of carbonyl (C=O) groups is 1. The lowest BCUT2D eigenvalue weighted by atomic mass is 10.1. The minimum Gasteiger partial charge on any atom is -0.334 e. The number of aromatic amines is 1. The third-order valence-electron chi connectivity index (χ3n) is 4.75. The van der Waals surface area contributed by atoms with Crippen molar-refractivity contribution in [3.63, 3.8) is 0 Å². The summed E-state index contributed by atoms with van der Waals surface area (Å²) in [6, 6.07) is 20.8. The Labute approximate surface area is 157 Å². The van der Waals surface area contributed by atoms with Gasteiger partial charge in [0, 0.05) is 11.0 Å². The molecular formula is C21H22N3OS+. The highest BCUT2D eigenvalue weighted by Crippen LogP contribution is 2.24. The summed E-state index contributed by atoms with van der Waals surface area (Å²) in [5.74, 6) is 1.83. The molecule has 0 unspecified atom stereocenters. The molecule has 3 aromatic rings. The van der Waals surface area contributed by atoms with Crippen LogP contribution >= 0.6 is 11.8 Å². The molecular weight excluding hydrogens is 342 g/mol. The number of nitrogens with zero attached hydrogens (tertiary/aromatic N) is 2. The summed E-state index contributed by atoms with van der Waals surface area (Å²) in [5.41, 5.74) is 0. The summed E-state index contributed by atoms with van der Waals surface area (Å²) in [6.45, 7) is 3.29. The standard InChI is InChI=1S/C21H21N3OS/c25-21(16-26-19-9-8-17-5-1-2-6-18(17)15-19)24-13-11-23(12-14-24)20-7-3-4-10-22-20/h1-10,15H,11-14,16H2/p+1. The second-order valence-electron chi connectivity index (χ2n) is 6.41. The van der Waals surface area contributed by atoms with Crippen LogP contribution < -0.4 is 9.88 Å². The molecule has 1 fully saturated rings. The molecule has 0 spiro atoms. The summed E-state index contributed by atoms with van der Waals surface area (Å²) < 4.78 is 0. The number of H-pyrrole nitrogens is 1. The average Bonchev–Trinajstić information content (AvgIpc) is 2.72. The van der Waals surface area contributed by atoms with Gasteiger partial charge >= 0.3 is 0 Å². The maximum atomic E-state index is 12.6. The van der Waals surface area contributed by atoms with E-state index in [4.69, 9.17) is 0 Å². The van der Waals surface area contributed by atoms with Crippen LogP contribution in [-0.4, -0.2) is 42.7 Å².